The number of halogens is 1. The van der Waals surface area contributed by atoms with Gasteiger partial charge in [-0.3, -0.25) is 5.10 Å². The molecule has 2 heterocycles. The largest absolute Gasteiger partial charge is 0.260 e. The zero-order valence-electron chi connectivity index (χ0n) is 4.80. The Morgan fingerprint density at radius 3 is 3.40 bits per heavy atom. The van der Waals surface area contributed by atoms with Crippen LogP contribution >= 0.6 is 11.6 Å². The molecule has 0 unspecified atom stereocenters. The number of hydrogen-bond donors (Lipinski definition) is 1. The van der Waals surface area contributed by atoms with E-state index in [9.17, 15) is 0 Å². The van der Waals surface area contributed by atoms with Crippen molar-refractivity contribution in [3.8, 4) is 0 Å². The molecule has 0 atom stereocenters. The van der Waals surface area contributed by atoms with E-state index in [4.69, 9.17) is 11.6 Å². The van der Waals surface area contributed by atoms with Crippen molar-refractivity contribution in [2.24, 2.45) is 0 Å². The van der Waals surface area contributed by atoms with Crippen LogP contribution in [0.3, 0.4) is 0 Å². The summed E-state index contributed by atoms with van der Waals surface area (Å²) in [6.45, 7) is 0. The fourth-order valence-corrected chi connectivity index (χ4v) is 0.802. The summed E-state index contributed by atoms with van der Waals surface area (Å²) >= 11 is 5.49. The number of nitrogens with one attached hydrogen (secondary N) is 1. The van der Waals surface area contributed by atoms with Gasteiger partial charge in [0.2, 0.25) is 5.28 Å². The van der Waals surface area contributed by atoms with E-state index >= 15 is 0 Å². The average Bonchev–Trinajstić information content (AvgIpc) is 2.33. The molecule has 4 nitrogen and oxygen atoms in total. The predicted octanol–water partition coefficient (Wildman–Crippen LogP) is 0.806. The van der Waals surface area contributed by atoms with Gasteiger partial charge >= 0.3 is 0 Å². The van der Waals surface area contributed by atoms with Crippen LogP contribution in [0.1, 0.15) is 0 Å². The molecule has 5 heteroatoms. The summed E-state index contributed by atoms with van der Waals surface area (Å²) in [5, 5.41) is 7.20. The molecule has 0 aromatic carbocycles. The minimum atomic E-state index is 0.213. The normalized spacial score (nSPS) is 10.5. The van der Waals surface area contributed by atoms with Crippen LogP contribution < -0.4 is 0 Å². The van der Waals surface area contributed by atoms with Gasteiger partial charge in [-0.25, -0.2) is 4.98 Å². The van der Waals surface area contributed by atoms with Crippen LogP contribution in [0.2, 0.25) is 5.28 Å². The standard InChI is InChI=1S/C5H2ClN4/c6-5-7-1-3-2-8-10-4(3)9-5/h1H,(H,7,8,9,10). The third-order valence-electron chi connectivity index (χ3n) is 1.10. The molecule has 2 aromatic heterocycles. The van der Waals surface area contributed by atoms with Crippen molar-refractivity contribution in [1.82, 2.24) is 20.2 Å². The van der Waals surface area contributed by atoms with E-state index in [1.807, 2.05) is 0 Å². The molecule has 0 amide bonds. The van der Waals surface area contributed by atoms with E-state index in [1.54, 1.807) is 6.20 Å². The van der Waals surface area contributed by atoms with Crippen molar-refractivity contribution in [3.63, 3.8) is 0 Å². The van der Waals surface area contributed by atoms with E-state index in [0.29, 0.717) is 5.65 Å². The van der Waals surface area contributed by atoms with E-state index < -0.39 is 0 Å². The Morgan fingerprint density at radius 2 is 2.50 bits per heavy atom. The van der Waals surface area contributed by atoms with Gasteiger partial charge < -0.3 is 0 Å². The molecule has 2 rings (SSSR count). The number of rotatable bonds is 0. The van der Waals surface area contributed by atoms with Crippen molar-refractivity contribution in [3.05, 3.63) is 17.7 Å². The van der Waals surface area contributed by atoms with Crippen LogP contribution in [-0.2, 0) is 0 Å². The molecular formula is C5H2ClN4. The van der Waals surface area contributed by atoms with E-state index in [-0.39, 0.29) is 5.28 Å². The van der Waals surface area contributed by atoms with Crippen LogP contribution in [0.15, 0.2) is 6.20 Å². The first kappa shape index (κ1) is 5.61. The SMILES string of the molecule is Clc1ncc2[c]n[nH]c2n1. The first-order chi connectivity index (χ1) is 4.86. The second-order valence-corrected chi connectivity index (χ2v) is 2.07. The lowest BCUT2D eigenvalue weighted by Gasteiger charge is -1.85. The molecule has 0 saturated carbocycles. The summed E-state index contributed by atoms with van der Waals surface area (Å²) in [7, 11) is 0. The Labute approximate surface area is 61.3 Å². The minimum absolute atomic E-state index is 0.213. The second kappa shape index (κ2) is 1.91. The van der Waals surface area contributed by atoms with Gasteiger partial charge in [-0.15, -0.1) is 0 Å². The van der Waals surface area contributed by atoms with Gasteiger partial charge in [0.1, 0.15) is 6.20 Å². The number of H-pyrrole nitrogens is 1. The van der Waals surface area contributed by atoms with Crippen molar-refractivity contribution >= 4 is 22.6 Å². The summed E-state index contributed by atoms with van der Waals surface area (Å²) in [6.07, 6.45) is 4.22. The van der Waals surface area contributed by atoms with Crippen molar-refractivity contribution in [2.45, 2.75) is 0 Å². The highest BCUT2D eigenvalue weighted by Crippen LogP contribution is 2.07. The number of nitrogens with zero attached hydrogens (tertiary/aromatic N) is 3. The Balaban J connectivity index is 2.86. The summed E-state index contributed by atoms with van der Waals surface area (Å²) in [6, 6.07) is 0. The number of fused-ring (bicyclic) bond motifs is 1. The molecule has 1 N–H and O–H groups in total. The Hall–Kier alpha value is -1.16. The van der Waals surface area contributed by atoms with Gasteiger partial charge in [-0.05, 0) is 11.6 Å². The highest BCUT2D eigenvalue weighted by molar-refractivity contribution is 6.28. The Bertz CT molecular complexity index is 355. The highest BCUT2D eigenvalue weighted by Gasteiger charge is 1.97. The third-order valence-corrected chi connectivity index (χ3v) is 1.28. The first-order valence-corrected chi connectivity index (χ1v) is 2.98. The smallest absolute Gasteiger partial charge is 0.224 e. The molecule has 1 radical (unpaired) electrons. The average molecular weight is 154 g/mol. The molecule has 0 aliphatic heterocycles. The molecular weight excluding hydrogens is 152 g/mol. The molecule has 0 aliphatic rings. The van der Waals surface area contributed by atoms with Crippen LogP contribution in [-0.4, -0.2) is 20.2 Å². The topological polar surface area (TPSA) is 54.5 Å². The van der Waals surface area contributed by atoms with Gasteiger partial charge in [0.25, 0.3) is 0 Å². The molecule has 0 saturated heterocycles. The zero-order chi connectivity index (χ0) is 6.97. The lowest BCUT2D eigenvalue weighted by molar-refractivity contribution is 1.08. The second-order valence-electron chi connectivity index (χ2n) is 1.74. The zero-order valence-corrected chi connectivity index (χ0v) is 5.55. The van der Waals surface area contributed by atoms with Crippen LogP contribution in [0.5, 0.6) is 0 Å². The summed E-state index contributed by atoms with van der Waals surface area (Å²) in [5.74, 6) is 0. The van der Waals surface area contributed by atoms with E-state index in [2.05, 4.69) is 26.4 Å². The van der Waals surface area contributed by atoms with Gasteiger partial charge in [0.05, 0.1) is 5.39 Å². The van der Waals surface area contributed by atoms with Crippen molar-refractivity contribution in [2.75, 3.05) is 0 Å². The lowest BCUT2D eigenvalue weighted by Crippen LogP contribution is -1.80. The molecule has 2 aromatic rings. The molecule has 0 aliphatic carbocycles. The van der Waals surface area contributed by atoms with Gasteiger partial charge in [0, 0.05) is 6.20 Å². The van der Waals surface area contributed by atoms with Gasteiger partial charge in [-0.1, -0.05) is 0 Å². The molecule has 0 spiro atoms. The fourth-order valence-electron chi connectivity index (χ4n) is 0.668. The monoisotopic (exact) mass is 153 g/mol. The summed E-state index contributed by atoms with van der Waals surface area (Å²) in [4.78, 5) is 7.58. The molecule has 0 fully saturated rings. The van der Waals surface area contributed by atoms with Gasteiger partial charge in [-0.2, -0.15) is 10.1 Å². The van der Waals surface area contributed by atoms with Crippen LogP contribution in [0, 0.1) is 6.20 Å². The third kappa shape index (κ3) is 0.733. The van der Waals surface area contributed by atoms with Crippen molar-refractivity contribution in [1.29, 1.82) is 0 Å². The van der Waals surface area contributed by atoms with Crippen LogP contribution in [0.4, 0.5) is 0 Å². The number of hydrogen-bond acceptors (Lipinski definition) is 3. The predicted molar refractivity (Wildman–Crippen MR) is 35.5 cm³/mol. The quantitative estimate of drug-likeness (QED) is 0.570. The fraction of sp³-hybridized carbons (Fsp3) is 0. The molecule has 0 bridgehead atoms. The van der Waals surface area contributed by atoms with E-state index in [0.717, 1.165) is 5.39 Å². The maximum absolute atomic E-state index is 5.49. The Morgan fingerprint density at radius 1 is 1.60 bits per heavy atom. The maximum atomic E-state index is 5.49. The first-order valence-electron chi connectivity index (χ1n) is 2.60. The maximum Gasteiger partial charge on any atom is 0.224 e. The summed E-state index contributed by atoms with van der Waals surface area (Å²) < 4.78 is 0. The Kier molecular flexibility index (Phi) is 1.07. The van der Waals surface area contributed by atoms with E-state index in [1.165, 1.54) is 0 Å². The van der Waals surface area contributed by atoms with Crippen LogP contribution in [0.25, 0.3) is 11.0 Å². The summed E-state index contributed by atoms with van der Waals surface area (Å²) in [5.41, 5.74) is 0.611. The highest BCUT2D eigenvalue weighted by atomic mass is 35.5. The number of aromatic nitrogens is 4. The molecule has 49 valence electrons. The van der Waals surface area contributed by atoms with Crippen molar-refractivity contribution < 1.29 is 0 Å². The minimum Gasteiger partial charge on any atom is -0.260 e. The molecule has 10 heavy (non-hydrogen) atoms. The van der Waals surface area contributed by atoms with Gasteiger partial charge in [0.15, 0.2) is 5.65 Å². The lowest BCUT2D eigenvalue weighted by atomic mass is 10.5. The number of aromatic amines is 1.